The molecule has 3 heteroatoms. The van der Waals surface area contributed by atoms with Gasteiger partial charge in [-0.2, -0.15) is 0 Å². The minimum absolute atomic E-state index is 0.498. The van der Waals surface area contributed by atoms with E-state index < -0.39 is 8.80 Å². The first-order valence-corrected chi connectivity index (χ1v) is 7.78. The van der Waals surface area contributed by atoms with Crippen molar-refractivity contribution in [2.24, 2.45) is 0 Å². The Morgan fingerprint density at radius 3 is 2.18 bits per heavy atom. The fourth-order valence-corrected chi connectivity index (χ4v) is 3.85. The summed E-state index contributed by atoms with van der Waals surface area (Å²) in [6, 6.07) is 10.7. The molecule has 0 spiro atoms. The van der Waals surface area contributed by atoms with Gasteiger partial charge in [-0.3, -0.25) is 0 Å². The lowest BCUT2D eigenvalue weighted by Crippen LogP contribution is -2.32. The molecule has 0 aliphatic heterocycles. The quantitative estimate of drug-likeness (QED) is 0.580. The van der Waals surface area contributed by atoms with E-state index in [0.29, 0.717) is 3.36 Å². The largest absolute Gasteiger partial charge is 0.0956 e. The van der Waals surface area contributed by atoms with Gasteiger partial charge < -0.3 is 0 Å². The first kappa shape index (κ1) is 9.48. The van der Waals surface area contributed by atoms with Crippen molar-refractivity contribution < 1.29 is 0 Å². The third-order valence-corrected chi connectivity index (χ3v) is 8.65. The lowest BCUT2D eigenvalue weighted by molar-refractivity contribution is 1.73. The molecular weight excluding hydrogens is 284 g/mol. The van der Waals surface area contributed by atoms with Crippen molar-refractivity contribution in [1.29, 1.82) is 0 Å². The van der Waals surface area contributed by atoms with E-state index in [0.717, 1.165) is 0 Å². The van der Waals surface area contributed by atoms with Gasteiger partial charge in [0, 0.05) is 0 Å². The average Bonchev–Trinajstić information content (AvgIpc) is 2.05. The summed E-state index contributed by atoms with van der Waals surface area (Å²) in [5.74, 6) is 0. The molecule has 0 saturated heterocycles. The zero-order chi connectivity index (χ0) is 8.27. The zero-order valence-electron chi connectivity index (χ0n) is 6.30. The molecule has 1 atom stereocenters. The minimum atomic E-state index is -0.800. The standard InChI is InChI=1S/C8H10Br2Si/c1-11(8(9)10)7-5-3-2-4-6-7/h2-6,8,11H,1H3. The van der Waals surface area contributed by atoms with Crippen LogP contribution in [0.15, 0.2) is 30.3 Å². The van der Waals surface area contributed by atoms with E-state index in [2.05, 4.69) is 68.7 Å². The van der Waals surface area contributed by atoms with Crippen LogP contribution < -0.4 is 5.19 Å². The number of rotatable bonds is 2. The molecule has 0 heterocycles. The highest BCUT2D eigenvalue weighted by Crippen LogP contribution is 2.11. The molecule has 0 bridgehead atoms. The molecular formula is C8H10Br2Si. The normalized spacial score (nSPS) is 13.5. The van der Waals surface area contributed by atoms with E-state index >= 15 is 0 Å². The second-order valence-corrected chi connectivity index (χ2v) is 10.6. The van der Waals surface area contributed by atoms with Crippen LogP contribution in [0.3, 0.4) is 0 Å². The molecule has 1 aromatic carbocycles. The topological polar surface area (TPSA) is 0 Å². The maximum atomic E-state index is 3.55. The molecule has 1 unspecified atom stereocenters. The Balaban J connectivity index is 2.77. The summed E-state index contributed by atoms with van der Waals surface area (Å²) in [7, 11) is -0.800. The van der Waals surface area contributed by atoms with Crippen molar-refractivity contribution in [2.75, 3.05) is 0 Å². The van der Waals surface area contributed by atoms with Crippen LogP contribution in [0.4, 0.5) is 0 Å². The van der Waals surface area contributed by atoms with E-state index in [1.54, 1.807) is 0 Å². The van der Waals surface area contributed by atoms with E-state index in [9.17, 15) is 0 Å². The molecule has 0 saturated carbocycles. The predicted molar refractivity (Wildman–Crippen MR) is 60.7 cm³/mol. The number of hydrogen-bond acceptors (Lipinski definition) is 0. The molecule has 0 nitrogen and oxygen atoms in total. The van der Waals surface area contributed by atoms with Gasteiger partial charge in [0.15, 0.2) is 0 Å². The lowest BCUT2D eigenvalue weighted by Gasteiger charge is -2.10. The lowest BCUT2D eigenvalue weighted by atomic mass is 10.4. The Morgan fingerprint density at radius 1 is 1.18 bits per heavy atom. The minimum Gasteiger partial charge on any atom is -0.0802 e. The molecule has 0 radical (unpaired) electrons. The van der Waals surface area contributed by atoms with Gasteiger partial charge in [-0.05, 0) is 0 Å². The Bertz CT molecular complexity index is 211. The summed E-state index contributed by atoms with van der Waals surface area (Å²) >= 11 is 7.11. The van der Waals surface area contributed by atoms with Crippen molar-refractivity contribution in [3.05, 3.63) is 30.3 Å². The average molecular weight is 294 g/mol. The summed E-state index contributed by atoms with van der Waals surface area (Å²) in [5, 5.41) is 1.49. The molecule has 0 amide bonds. The van der Waals surface area contributed by atoms with E-state index in [1.165, 1.54) is 5.19 Å². The van der Waals surface area contributed by atoms with Crippen molar-refractivity contribution in [3.8, 4) is 0 Å². The predicted octanol–water partition coefficient (Wildman–Crippen LogP) is 2.41. The summed E-state index contributed by atoms with van der Waals surface area (Å²) in [6.07, 6.45) is 0. The Hall–Kier alpha value is 0.397. The van der Waals surface area contributed by atoms with Gasteiger partial charge in [0.25, 0.3) is 0 Å². The molecule has 0 aliphatic carbocycles. The van der Waals surface area contributed by atoms with Crippen LogP contribution >= 0.6 is 31.9 Å². The van der Waals surface area contributed by atoms with Crippen LogP contribution in [0.25, 0.3) is 0 Å². The fourth-order valence-electron chi connectivity index (χ4n) is 0.902. The van der Waals surface area contributed by atoms with E-state index in [4.69, 9.17) is 0 Å². The van der Waals surface area contributed by atoms with Crippen LogP contribution in [0, 0.1) is 0 Å². The summed E-state index contributed by atoms with van der Waals surface area (Å²) in [6.45, 7) is 2.32. The number of hydrogen-bond donors (Lipinski definition) is 0. The third kappa shape index (κ3) is 2.73. The van der Waals surface area contributed by atoms with Gasteiger partial charge in [-0.1, -0.05) is 73.9 Å². The van der Waals surface area contributed by atoms with E-state index in [-0.39, 0.29) is 0 Å². The molecule has 60 valence electrons. The number of halogens is 2. The summed E-state index contributed by atoms with van der Waals surface area (Å²) in [5.41, 5.74) is 0. The van der Waals surface area contributed by atoms with Gasteiger partial charge in [0.2, 0.25) is 0 Å². The van der Waals surface area contributed by atoms with Crippen molar-refractivity contribution in [2.45, 2.75) is 9.91 Å². The first-order chi connectivity index (χ1) is 5.22. The van der Waals surface area contributed by atoms with Crippen molar-refractivity contribution >= 4 is 45.8 Å². The molecule has 0 fully saturated rings. The van der Waals surface area contributed by atoms with Gasteiger partial charge >= 0.3 is 0 Å². The zero-order valence-corrected chi connectivity index (χ0v) is 10.6. The smallest absolute Gasteiger partial charge is 0.0802 e. The second-order valence-electron chi connectivity index (χ2n) is 2.53. The maximum absolute atomic E-state index is 3.55. The highest BCUT2D eigenvalue weighted by atomic mass is 79.9. The molecule has 1 rings (SSSR count). The van der Waals surface area contributed by atoms with Crippen LogP contribution in [0.5, 0.6) is 0 Å². The highest BCUT2D eigenvalue weighted by Gasteiger charge is 2.13. The highest BCUT2D eigenvalue weighted by molar-refractivity contribution is 9.25. The van der Waals surface area contributed by atoms with Gasteiger partial charge in [0.1, 0.15) is 0 Å². The SMILES string of the molecule is C[SiH](c1ccccc1)C(Br)Br. The Morgan fingerprint density at radius 2 is 1.73 bits per heavy atom. The fraction of sp³-hybridized carbons (Fsp3) is 0.250. The van der Waals surface area contributed by atoms with Crippen LogP contribution in [0.2, 0.25) is 6.55 Å². The summed E-state index contributed by atoms with van der Waals surface area (Å²) < 4.78 is 0.498. The van der Waals surface area contributed by atoms with Gasteiger partial charge in [0.05, 0.1) is 12.2 Å². The monoisotopic (exact) mass is 292 g/mol. The molecule has 0 aromatic heterocycles. The maximum Gasteiger partial charge on any atom is 0.0956 e. The summed E-state index contributed by atoms with van der Waals surface area (Å²) in [4.78, 5) is 0. The van der Waals surface area contributed by atoms with Crippen molar-refractivity contribution in [1.82, 2.24) is 0 Å². The molecule has 1 aromatic rings. The van der Waals surface area contributed by atoms with Crippen LogP contribution in [-0.4, -0.2) is 12.2 Å². The third-order valence-electron chi connectivity index (χ3n) is 1.70. The van der Waals surface area contributed by atoms with Crippen molar-refractivity contribution in [3.63, 3.8) is 0 Å². The number of alkyl halides is 2. The van der Waals surface area contributed by atoms with E-state index in [1.807, 2.05) is 0 Å². The Labute approximate surface area is 85.9 Å². The Kier molecular flexibility index (Phi) is 3.82. The molecule has 0 N–H and O–H groups in total. The van der Waals surface area contributed by atoms with Gasteiger partial charge in [-0.25, -0.2) is 0 Å². The molecule has 0 aliphatic rings. The second kappa shape index (κ2) is 4.43. The van der Waals surface area contributed by atoms with Crippen LogP contribution in [-0.2, 0) is 0 Å². The first-order valence-electron chi connectivity index (χ1n) is 3.55. The van der Waals surface area contributed by atoms with Gasteiger partial charge in [-0.15, -0.1) is 0 Å². The molecule has 11 heavy (non-hydrogen) atoms. The number of benzene rings is 1. The van der Waals surface area contributed by atoms with Crippen LogP contribution in [0.1, 0.15) is 0 Å².